The third kappa shape index (κ3) is 5.09. The minimum atomic E-state index is -0.131. The van der Waals surface area contributed by atoms with E-state index in [1.54, 1.807) is 0 Å². The van der Waals surface area contributed by atoms with Gasteiger partial charge in [-0.3, -0.25) is 14.6 Å². The number of H-pyrrole nitrogens is 1. The van der Waals surface area contributed by atoms with E-state index in [0.29, 0.717) is 49.3 Å². The molecule has 3 rings (SSSR count). The van der Waals surface area contributed by atoms with E-state index in [9.17, 15) is 9.59 Å². The molecular weight excluding hydrogens is 344 g/mol. The molecule has 1 amide bonds. The molecule has 7 nitrogen and oxygen atoms in total. The molecule has 1 saturated carbocycles. The van der Waals surface area contributed by atoms with Gasteiger partial charge in [-0.25, -0.2) is 4.98 Å². The minimum Gasteiger partial charge on any atom is -0.378 e. The largest absolute Gasteiger partial charge is 0.378 e. The van der Waals surface area contributed by atoms with Gasteiger partial charge in [-0.2, -0.15) is 0 Å². The fourth-order valence-electron chi connectivity index (χ4n) is 4.07. The fraction of sp³-hybridized carbons (Fsp3) is 0.750. The molecule has 0 atom stereocenters. The normalized spacial score (nSPS) is 19.0. The number of nitrogens with zero attached hydrogens (tertiary/aromatic N) is 3. The van der Waals surface area contributed by atoms with Crippen molar-refractivity contribution in [1.29, 1.82) is 0 Å². The molecule has 150 valence electrons. The molecule has 2 heterocycles. The third-order valence-corrected chi connectivity index (χ3v) is 5.88. The van der Waals surface area contributed by atoms with E-state index < -0.39 is 0 Å². The first-order valence-corrected chi connectivity index (χ1v) is 10.2. The van der Waals surface area contributed by atoms with Crippen molar-refractivity contribution in [3.05, 3.63) is 21.6 Å². The summed E-state index contributed by atoms with van der Waals surface area (Å²) >= 11 is 0. The van der Waals surface area contributed by atoms with Gasteiger partial charge < -0.3 is 14.5 Å². The molecular formula is C20H32N4O3. The molecule has 0 radical (unpaired) electrons. The lowest BCUT2D eigenvalue weighted by atomic mass is 10.1. The third-order valence-electron chi connectivity index (χ3n) is 5.88. The van der Waals surface area contributed by atoms with E-state index in [0.717, 1.165) is 25.9 Å². The van der Waals surface area contributed by atoms with E-state index in [4.69, 9.17) is 4.74 Å². The van der Waals surface area contributed by atoms with Crippen LogP contribution >= 0.6 is 0 Å². The van der Waals surface area contributed by atoms with E-state index in [1.165, 1.54) is 25.7 Å². The van der Waals surface area contributed by atoms with E-state index in [-0.39, 0.29) is 11.5 Å². The molecule has 1 aromatic rings. The molecule has 0 aromatic carbocycles. The van der Waals surface area contributed by atoms with Gasteiger partial charge in [0.15, 0.2) is 0 Å². The van der Waals surface area contributed by atoms with Crippen LogP contribution in [0.2, 0.25) is 0 Å². The molecule has 1 saturated heterocycles. The summed E-state index contributed by atoms with van der Waals surface area (Å²) in [5, 5.41) is 0. The predicted octanol–water partition coefficient (Wildman–Crippen LogP) is 2.03. The number of morpholine rings is 1. The first-order chi connectivity index (χ1) is 13.1. The number of hydrogen-bond donors (Lipinski definition) is 1. The van der Waals surface area contributed by atoms with Crippen molar-refractivity contribution in [3.8, 4) is 0 Å². The summed E-state index contributed by atoms with van der Waals surface area (Å²) in [6, 6.07) is 0.348. The Kier molecular flexibility index (Phi) is 6.88. The first-order valence-electron chi connectivity index (χ1n) is 10.2. The van der Waals surface area contributed by atoms with Crippen LogP contribution in [0.4, 0.5) is 5.95 Å². The lowest BCUT2D eigenvalue weighted by molar-refractivity contribution is -0.132. The topological polar surface area (TPSA) is 78.5 Å². The van der Waals surface area contributed by atoms with Gasteiger partial charge in [0.05, 0.1) is 13.2 Å². The molecule has 2 fully saturated rings. The van der Waals surface area contributed by atoms with Crippen LogP contribution in [0.1, 0.15) is 56.2 Å². The molecule has 0 spiro atoms. The van der Waals surface area contributed by atoms with Gasteiger partial charge in [0, 0.05) is 43.9 Å². The highest BCUT2D eigenvalue weighted by Gasteiger charge is 2.22. The Morgan fingerprint density at radius 1 is 1.22 bits per heavy atom. The summed E-state index contributed by atoms with van der Waals surface area (Å²) in [5.74, 6) is 0.726. The van der Waals surface area contributed by atoms with Gasteiger partial charge in [0.25, 0.3) is 5.56 Å². The zero-order chi connectivity index (χ0) is 19.2. The highest BCUT2D eigenvalue weighted by molar-refractivity contribution is 5.76. The quantitative estimate of drug-likeness (QED) is 0.796. The predicted molar refractivity (Wildman–Crippen MR) is 105 cm³/mol. The zero-order valence-electron chi connectivity index (χ0n) is 16.6. The lowest BCUT2D eigenvalue weighted by Gasteiger charge is -2.28. The number of anilines is 1. The number of carbonyl (C=O) groups is 1. The minimum absolute atomic E-state index is 0.123. The Morgan fingerprint density at radius 3 is 2.52 bits per heavy atom. The van der Waals surface area contributed by atoms with Crippen molar-refractivity contribution in [2.24, 2.45) is 0 Å². The lowest BCUT2D eigenvalue weighted by Crippen LogP contribution is -2.39. The summed E-state index contributed by atoms with van der Waals surface area (Å²) in [7, 11) is 1.91. The van der Waals surface area contributed by atoms with E-state index >= 15 is 0 Å². The van der Waals surface area contributed by atoms with Crippen LogP contribution in [0, 0.1) is 6.92 Å². The number of carbonyl (C=O) groups excluding carboxylic acids is 1. The standard InChI is InChI=1S/C20H32N4O3/c1-15-17(19(26)22-20(21-15)24-11-13-27-14-12-24)9-10-18(25)23(2)16-7-5-3-4-6-8-16/h16H,3-14H2,1-2H3,(H,21,22,26). The summed E-state index contributed by atoms with van der Waals surface area (Å²) in [6.07, 6.45) is 7.93. The SMILES string of the molecule is Cc1nc(N2CCOCC2)[nH]c(=O)c1CCC(=O)N(C)C1CCCCCC1. The maximum atomic E-state index is 12.6. The van der Waals surface area contributed by atoms with Crippen molar-refractivity contribution < 1.29 is 9.53 Å². The summed E-state index contributed by atoms with van der Waals surface area (Å²) in [5.41, 5.74) is 1.20. The highest BCUT2D eigenvalue weighted by Crippen LogP contribution is 2.22. The van der Waals surface area contributed by atoms with Crippen LogP contribution in [0.5, 0.6) is 0 Å². The number of ether oxygens (including phenoxy) is 1. The van der Waals surface area contributed by atoms with Crippen LogP contribution in [0.3, 0.4) is 0 Å². The average Bonchev–Trinajstić information content (AvgIpc) is 2.96. The van der Waals surface area contributed by atoms with Gasteiger partial charge >= 0.3 is 0 Å². The number of nitrogens with one attached hydrogen (secondary N) is 1. The summed E-state index contributed by atoms with van der Waals surface area (Å²) in [4.78, 5) is 36.6. The van der Waals surface area contributed by atoms with Gasteiger partial charge in [-0.15, -0.1) is 0 Å². The molecule has 1 N–H and O–H groups in total. The number of amides is 1. The highest BCUT2D eigenvalue weighted by atomic mass is 16.5. The second-order valence-corrected chi connectivity index (χ2v) is 7.70. The Labute approximate surface area is 161 Å². The Bertz CT molecular complexity index is 689. The number of hydrogen-bond acceptors (Lipinski definition) is 5. The van der Waals surface area contributed by atoms with Crippen LogP contribution in [0.25, 0.3) is 0 Å². The van der Waals surface area contributed by atoms with Gasteiger partial charge in [0.2, 0.25) is 11.9 Å². The molecule has 0 unspecified atom stereocenters. The van der Waals surface area contributed by atoms with Crippen molar-refractivity contribution in [3.63, 3.8) is 0 Å². The van der Waals surface area contributed by atoms with Gasteiger partial charge in [-0.1, -0.05) is 25.7 Å². The number of aromatic amines is 1. The van der Waals surface area contributed by atoms with Crippen LogP contribution in [-0.2, 0) is 16.0 Å². The second-order valence-electron chi connectivity index (χ2n) is 7.70. The maximum Gasteiger partial charge on any atom is 0.255 e. The Morgan fingerprint density at radius 2 is 1.89 bits per heavy atom. The number of rotatable bonds is 5. The molecule has 1 aromatic heterocycles. The van der Waals surface area contributed by atoms with Crippen molar-refractivity contribution in [1.82, 2.24) is 14.9 Å². The fourth-order valence-corrected chi connectivity index (χ4v) is 4.07. The molecule has 27 heavy (non-hydrogen) atoms. The van der Waals surface area contributed by atoms with Crippen molar-refractivity contribution >= 4 is 11.9 Å². The van der Waals surface area contributed by atoms with E-state index in [1.807, 2.05) is 23.8 Å². The smallest absolute Gasteiger partial charge is 0.255 e. The monoisotopic (exact) mass is 376 g/mol. The molecule has 0 bridgehead atoms. The zero-order valence-corrected chi connectivity index (χ0v) is 16.6. The first kappa shape index (κ1) is 19.9. The Balaban J connectivity index is 1.61. The second kappa shape index (κ2) is 9.35. The molecule has 1 aliphatic heterocycles. The van der Waals surface area contributed by atoms with Crippen LogP contribution in [0.15, 0.2) is 4.79 Å². The van der Waals surface area contributed by atoms with Gasteiger partial charge in [-0.05, 0) is 26.2 Å². The number of aryl methyl sites for hydroxylation is 1. The van der Waals surface area contributed by atoms with Crippen LogP contribution in [-0.4, -0.2) is 60.2 Å². The Hall–Kier alpha value is -1.89. The summed E-state index contributed by atoms with van der Waals surface area (Å²) in [6.45, 7) is 4.60. The summed E-state index contributed by atoms with van der Waals surface area (Å²) < 4.78 is 5.35. The number of aromatic nitrogens is 2. The molecule has 2 aliphatic rings. The van der Waals surface area contributed by atoms with Gasteiger partial charge in [0.1, 0.15) is 0 Å². The van der Waals surface area contributed by atoms with Crippen molar-refractivity contribution in [2.45, 2.75) is 64.3 Å². The van der Waals surface area contributed by atoms with E-state index in [2.05, 4.69) is 9.97 Å². The molecule has 1 aliphatic carbocycles. The molecule has 7 heteroatoms. The van der Waals surface area contributed by atoms with Crippen LogP contribution < -0.4 is 10.5 Å². The average molecular weight is 377 g/mol. The van der Waals surface area contributed by atoms with Crippen molar-refractivity contribution in [2.75, 3.05) is 38.3 Å². The maximum absolute atomic E-state index is 12.6.